The number of ether oxygens (including phenoxy) is 1. The van der Waals surface area contributed by atoms with Crippen molar-refractivity contribution in [2.75, 3.05) is 25.0 Å². The van der Waals surface area contributed by atoms with Crippen LogP contribution in [0, 0.1) is 0 Å². The molecule has 1 amide bonds. The van der Waals surface area contributed by atoms with Gasteiger partial charge in [0.15, 0.2) is 0 Å². The number of amides is 1. The number of nitrogens with one attached hydrogen (secondary N) is 2. The number of benzene rings is 1. The zero-order chi connectivity index (χ0) is 14.6. The van der Waals surface area contributed by atoms with Gasteiger partial charge in [0.05, 0.1) is 19.1 Å². The van der Waals surface area contributed by atoms with E-state index in [1.807, 2.05) is 12.1 Å². The first-order valence-electron chi connectivity index (χ1n) is 7.18. The fourth-order valence-electron chi connectivity index (χ4n) is 2.22. The molecule has 0 saturated carbocycles. The van der Waals surface area contributed by atoms with Gasteiger partial charge in [0.1, 0.15) is 0 Å². The highest BCUT2D eigenvalue weighted by atomic mass is 16.5. The number of carbonyl (C=O) groups is 1. The summed E-state index contributed by atoms with van der Waals surface area (Å²) in [5.74, 6) is 0.00205. The Bertz CT molecular complexity index is 443. The molecule has 0 aromatic heterocycles. The molecule has 0 bridgehead atoms. The van der Waals surface area contributed by atoms with Crippen molar-refractivity contribution in [3.05, 3.63) is 29.8 Å². The second kappa shape index (κ2) is 6.37. The number of morpholine rings is 1. The maximum absolute atomic E-state index is 11.9. The third-order valence-corrected chi connectivity index (χ3v) is 3.45. The van der Waals surface area contributed by atoms with Crippen molar-refractivity contribution in [1.29, 1.82) is 0 Å². The van der Waals surface area contributed by atoms with Crippen molar-refractivity contribution in [3.63, 3.8) is 0 Å². The molecule has 4 heteroatoms. The largest absolute Gasteiger partial charge is 0.375 e. The molecule has 0 aliphatic carbocycles. The van der Waals surface area contributed by atoms with Gasteiger partial charge in [-0.15, -0.1) is 0 Å². The minimum Gasteiger partial charge on any atom is -0.375 e. The first kappa shape index (κ1) is 15.0. The van der Waals surface area contributed by atoms with Crippen LogP contribution in [-0.4, -0.2) is 31.7 Å². The van der Waals surface area contributed by atoms with Gasteiger partial charge in [-0.2, -0.15) is 0 Å². The van der Waals surface area contributed by atoms with Gasteiger partial charge >= 0.3 is 0 Å². The molecule has 0 spiro atoms. The molecule has 1 aliphatic rings. The molecule has 2 rings (SSSR count). The van der Waals surface area contributed by atoms with Crippen molar-refractivity contribution in [2.24, 2.45) is 0 Å². The molecular weight excluding hydrogens is 252 g/mol. The molecule has 1 fully saturated rings. The highest BCUT2D eigenvalue weighted by molar-refractivity contribution is 5.91. The Labute approximate surface area is 120 Å². The van der Waals surface area contributed by atoms with Crippen LogP contribution in [0.15, 0.2) is 24.3 Å². The second-order valence-electron chi connectivity index (χ2n) is 6.28. The molecule has 1 unspecified atom stereocenters. The van der Waals surface area contributed by atoms with E-state index in [4.69, 9.17) is 4.74 Å². The van der Waals surface area contributed by atoms with Crippen molar-refractivity contribution in [3.8, 4) is 0 Å². The summed E-state index contributed by atoms with van der Waals surface area (Å²) in [6.45, 7) is 8.82. The van der Waals surface area contributed by atoms with Gasteiger partial charge in [0.25, 0.3) is 0 Å². The Kier molecular flexibility index (Phi) is 4.78. The van der Waals surface area contributed by atoms with E-state index in [0.29, 0.717) is 13.0 Å². The monoisotopic (exact) mass is 276 g/mol. The maximum Gasteiger partial charge on any atom is 0.227 e. The van der Waals surface area contributed by atoms with E-state index >= 15 is 0 Å². The van der Waals surface area contributed by atoms with Crippen molar-refractivity contribution in [1.82, 2.24) is 5.32 Å². The summed E-state index contributed by atoms with van der Waals surface area (Å²) in [6.07, 6.45) is 0.381. The van der Waals surface area contributed by atoms with E-state index in [1.165, 1.54) is 5.56 Å². The van der Waals surface area contributed by atoms with Crippen LogP contribution in [0.3, 0.4) is 0 Å². The van der Waals surface area contributed by atoms with Crippen LogP contribution in [0.5, 0.6) is 0 Å². The summed E-state index contributed by atoms with van der Waals surface area (Å²) in [5, 5.41) is 6.14. The minimum atomic E-state index is -0.0161. The summed E-state index contributed by atoms with van der Waals surface area (Å²) in [5.41, 5.74) is 2.23. The minimum absolute atomic E-state index is 0.00205. The Morgan fingerprint density at radius 2 is 2.05 bits per heavy atom. The SMILES string of the molecule is CC(C)(C)c1ccc(NC(=O)CC2CNCCO2)cc1. The summed E-state index contributed by atoms with van der Waals surface area (Å²) >= 11 is 0. The van der Waals surface area contributed by atoms with Crippen LogP contribution in [0.2, 0.25) is 0 Å². The van der Waals surface area contributed by atoms with Crippen LogP contribution >= 0.6 is 0 Å². The first-order chi connectivity index (χ1) is 9.45. The maximum atomic E-state index is 11.9. The van der Waals surface area contributed by atoms with Gasteiger partial charge in [-0.05, 0) is 23.1 Å². The van der Waals surface area contributed by atoms with Crippen molar-refractivity contribution < 1.29 is 9.53 Å². The second-order valence-corrected chi connectivity index (χ2v) is 6.28. The van der Waals surface area contributed by atoms with E-state index in [0.717, 1.165) is 18.8 Å². The molecule has 4 nitrogen and oxygen atoms in total. The zero-order valence-corrected chi connectivity index (χ0v) is 12.5. The lowest BCUT2D eigenvalue weighted by molar-refractivity contribution is -0.119. The Hall–Kier alpha value is -1.39. The number of rotatable bonds is 3. The molecular formula is C16H24N2O2. The Morgan fingerprint density at radius 3 is 2.60 bits per heavy atom. The van der Waals surface area contributed by atoms with E-state index < -0.39 is 0 Å². The molecule has 1 saturated heterocycles. The zero-order valence-electron chi connectivity index (χ0n) is 12.5. The smallest absolute Gasteiger partial charge is 0.227 e. The average molecular weight is 276 g/mol. The third kappa shape index (κ3) is 4.32. The van der Waals surface area contributed by atoms with Gasteiger partial charge < -0.3 is 15.4 Å². The Morgan fingerprint density at radius 1 is 1.35 bits per heavy atom. The highest BCUT2D eigenvalue weighted by Crippen LogP contribution is 2.23. The third-order valence-electron chi connectivity index (χ3n) is 3.45. The van der Waals surface area contributed by atoms with E-state index in [2.05, 4.69) is 43.5 Å². The van der Waals surface area contributed by atoms with Gasteiger partial charge in [0.2, 0.25) is 5.91 Å². The molecule has 0 radical (unpaired) electrons. The summed E-state index contributed by atoms with van der Waals surface area (Å²) in [7, 11) is 0. The standard InChI is InChI=1S/C16H24N2O2/c1-16(2,3)12-4-6-13(7-5-12)18-15(19)10-14-11-17-8-9-20-14/h4-7,14,17H,8-11H2,1-3H3,(H,18,19). The van der Waals surface area contributed by atoms with Crippen molar-refractivity contribution in [2.45, 2.75) is 38.7 Å². The van der Waals surface area contributed by atoms with Crippen LogP contribution < -0.4 is 10.6 Å². The number of anilines is 1. The highest BCUT2D eigenvalue weighted by Gasteiger charge is 2.17. The summed E-state index contributed by atoms with van der Waals surface area (Å²) in [4.78, 5) is 11.9. The predicted molar refractivity (Wildman–Crippen MR) is 81.0 cm³/mol. The van der Waals surface area contributed by atoms with Gasteiger partial charge in [-0.25, -0.2) is 0 Å². The molecule has 1 aromatic carbocycles. The summed E-state index contributed by atoms with van der Waals surface area (Å²) in [6, 6.07) is 8.04. The molecule has 110 valence electrons. The van der Waals surface area contributed by atoms with Crippen LogP contribution in [-0.2, 0) is 14.9 Å². The molecule has 1 aliphatic heterocycles. The van der Waals surface area contributed by atoms with E-state index in [9.17, 15) is 4.79 Å². The molecule has 2 N–H and O–H groups in total. The van der Waals surface area contributed by atoms with Gasteiger partial charge in [-0.3, -0.25) is 4.79 Å². The summed E-state index contributed by atoms with van der Waals surface area (Å²) < 4.78 is 5.53. The van der Waals surface area contributed by atoms with Gasteiger partial charge in [-0.1, -0.05) is 32.9 Å². The fraction of sp³-hybridized carbons (Fsp3) is 0.562. The molecule has 1 atom stereocenters. The molecule has 1 aromatic rings. The predicted octanol–water partition coefficient (Wildman–Crippen LogP) is 2.30. The lowest BCUT2D eigenvalue weighted by Crippen LogP contribution is -2.40. The molecule has 1 heterocycles. The first-order valence-corrected chi connectivity index (χ1v) is 7.18. The number of hydrogen-bond acceptors (Lipinski definition) is 3. The van der Waals surface area contributed by atoms with E-state index in [1.54, 1.807) is 0 Å². The normalized spacial score (nSPS) is 19.6. The molecule has 20 heavy (non-hydrogen) atoms. The Balaban J connectivity index is 1.87. The van der Waals surface area contributed by atoms with Crippen LogP contribution in [0.4, 0.5) is 5.69 Å². The number of hydrogen-bond donors (Lipinski definition) is 2. The number of carbonyl (C=O) groups excluding carboxylic acids is 1. The van der Waals surface area contributed by atoms with Crippen LogP contribution in [0.25, 0.3) is 0 Å². The lowest BCUT2D eigenvalue weighted by Gasteiger charge is -2.23. The van der Waals surface area contributed by atoms with Crippen LogP contribution in [0.1, 0.15) is 32.8 Å². The van der Waals surface area contributed by atoms with Crippen molar-refractivity contribution >= 4 is 11.6 Å². The quantitative estimate of drug-likeness (QED) is 0.890. The average Bonchev–Trinajstić information content (AvgIpc) is 2.39. The van der Waals surface area contributed by atoms with Gasteiger partial charge in [0, 0.05) is 18.8 Å². The lowest BCUT2D eigenvalue weighted by atomic mass is 9.87. The topological polar surface area (TPSA) is 50.4 Å². The fourth-order valence-corrected chi connectivity index (χ4v) is 2.22. The van der Waals surface area contributed by atoms with E-state index in [-0.39, 0.29) is 17.4 Å².